The lowest BCUT2D eigenvalue weighted by Crippen LogP contribution is -2.09. The van der Waals surface area contributed by atoms with Gasteiger partial charge in [0.25, 0.3) is 0 Å². The summed E-state index contributed by atoms with van der Waals surface area (Å²) < 4.78 is 5.83. The summed E-state index contributed by atoms with van der Waals surface area (Å²) in [5.74, 6) is 1.47. The third-order valence-electron chi connectivity index (χ3n) is 2.59. The van der Waals surface area contributed by atoms with Gasteiger partial charge in [-0.1, -0.05) is 36.4 Å². The highest BCUT2D eigenvalue weighted by Gasteiger charge is 2.10. The maximum atomic E-state index is 5.83. The smallest absolute Gasteiger partial charge is 0.226 e. The average Bonchev–Trinajstić information content (AvgIpc) is 2.62. The molecule has 0 saturated heterocycles. The lowest BCUT2D eigenvalue weighted by atomic mass is 10.2. The van der Waals surface area contributed by atoms with Crippen LogP contribution in [0.4, 0.5) is 0 Å². The summed E-state index contributed by atoms with van der Waals surface area (Å²) in [6.07, 6.45) is 3.72. The molecule has 3 rings (SSSR count). The number of rotatable bonds is 1. The van der Waals surface area contributed by atoms with Crippen molar-refractivity contribution in [3.63, 3.8) is 0 Å². The molecular weight excluding hydrogens is 210 g/mol. The Bertz CT molecular complexity index is 585. The van der Waals surface area contributed by atoms with Gasteiger partial charge >= 0.3 is 0 Å². The molecule has 2 aromatic rings. The first-order valence-corrected chi connectivity index (χ1v) is 5.50. The van der Waals surface area contributed by atoms with Gasteiger partial charge in [-0.05, 0) is 24.3 Å². The van der Waals surface area contributed by atoms with Crippen LogP contribution in [0, 0.1) is 0 Å². The first kappa shape index (κ1) is 9.85. The van der Waals surface area contributed by atoms with Crippen molar-refractivity contribution >= 4 is 12.0 Å². The molecule has 0 aromatic heterocycles. The number of aliphatic imine (C=N–C) groups is 1. The van der Waals surface area contributed by atoms with Crippen LogP contribution in [0.2, 0.25) is 0 Å². The minimum atomic E-state index is 0.631. The van der Waals surface area contributed by atoms with Crippen LogP contribution in [0.5, 0.6) is 5.75 Å². The Balaban J connectivity index is 2.02. The van der Waals surface area contributed by atoms with Crippen LogP contribution < -0.4 is 4.74 Å². The number of hydrogen-bond acceptors (Lipinski definition) is 2. The monoisotopic (exact) mass is 221 g/mol. The van der Waals surface area contributed by atoms with Crippen molar-refractivity contribution in [1.82, 2.24) is 0 Å². The van der Waals surface area contributed by atoms with E-state index in [0.29, 0.717) is 5.90 Å². The van der Waals surface area contributed by atoms with Crippen LogP contribution in [-0.2, 0) is 0 Å². The van der Waals surface area contributed by atoms with Gasteiger partial charge in [0, 0.05) is 17.3 Å². The van der Waals surface area contributed by atoms with Gasteiger partial charge in [-0.3, -0.25) is 0 Å². The van der Waals surface area contributed by atoms with Crippen molar-refractivity contribution in [2.45, 2.75) is 0 Å². The fourth-order valence-corrected chi connectivity index (χ4v) is 1.74. The number of fused-ring (bicyclic) bond motifs is 1. The van der Waals surface area contributed by atoms with Crippen molar-refractivity contribution in [3.05, 3.63) is 71.9 Å². The standard InChI is InChI=1S/C15H11NO/c1-2-7-13(8-3-1)15-16-11-10-12-6-4-5-9-14(12)17-15/h1-11H. The van der Waals surface area contributed by atoms with Crippen molar-refractivity contribution in [2.75, 3.05) is 0 Å². The number of ether oxygens (including phenoxy) is 1. The minimum absolute atomic E-state index is 0.631. The first-order chi connectivity index (χ1) is 8.43. The summed E-state index contributed by atoms with van der Waals surface area (Å²) in [5, 5.41) is 0. The Morgan fingerprint density at radius 1 is 0.824 bits per heavy atom. The second-order valence-electron chi connectivity index (χ2n) is 3.76. The summed E-state index contributed by atoms with van der Waals surface area (Å²) >= 11 is 0. The van der Waals surface area contributed by atoms with Crippen LogP contribution in [0.15, 0.2) is 65.8 Å². The molecule has 2 aromatic carbocycles. The highest BCUT2D eigenvalue weighted by atomic mass is 16.5. The Hall–Kier alpha value is -2.35. The summed E-state index contributed by atoms with van der Waals surface area (Å²) in [4.78, 5) is 4.32. The van der Waals surface area contributed by atoms with Gasteiger partial charge in [-0.25, -0.2) is 4.99 Å². The molecule has 0 aliphatic carbocycles. The van der Waals surface area contributed by atoms with E-state index < -0.39 is 0 Å². The Kier molecular flexibility index (Phi) is 2.47. The molecule has 82 valence electrons. The molecule has 0 N–H and O–H groups in total. The molecule has 1 aliphatic rings. The van der Waals surface area contributed by atoms with Crippen molar-refractivity contribution in [1.29, 1.82) is 0 Å². The van der Waals surface area contributed by atoms with E-state index in [9.17, 15) is 0 Å². The lowest BCUT2D eigenvalue weighted by Gasteiger charge is -2.08. The van der Waals surface area contributed by atoms with Crippen molar-refractivity contribution in [3.8, 4) is 5.75 Å². The Labute approximate surface area is 99.9 Å². The molecule has 0 bridgehead atoms. The van der Waals surface area contributed by atoms with Crippen molar-refractivity contribution < 1.29 is 4.74 Å². The SMILES string of the molecule is C1=Cc2ccccc2OC(c2ccccc2)=N1. The molecule has 2 heteroatoms. The molecule has 1 heterocycles. The highest BCUT2D eigenvalue weighted by Crippen LogP contribution is 2.23. The summed E-state index contributed by atoms with van der Waals surface area (Å²) in [5.41, 5.74) is 2.02. The van der Waals surface area contributed by atoms with Crippen LogP contribution in [0.1, 0.15) is 11.1 Å². The molecule has 2 nitrogen and oxygen atoms in total. The molecule has 0 unspecified atom stereocenters. The average molecular weight is 221 g/mol. The fourth-order valence-electron chi connectivity index (χ4n) is 1.74. The zero-order valence-corrected chi connectivity index (χ0v) is 9.21. The van der Waals surface area contributed by atoms with Crippen molar-refractivity contribution in [2.24, 2.45) is 4.99 Å². The molecule has 0 saturated carbocycles. The third kappa shape index (κ3) is 1.97. The predicted octanol–water partition coefficient (Wildman–Crippen LogP) is 3.50. The van der Waals surface area contributed by atoms with E-state index in [1.54, 1.807) is 6.20 Å². The van der Waals surface area contributed by atoms with E-state index in [1.165, 1.54) is 0 Å². The minimum Gasteiger partial charge on any atom is -0.438 e. The topological polar surface area (TPSA) is 21.6 Å². The largest absolute Gasteiger partial charge is 0.438 e. The van der Waals surface area contributed by atoms with Gasteiger partial charge in [0.15, 0.2) is 0 Å². The predicted molar refractivity (Wildman–Crippen MR) is 69.1 cm³/mol. The van der Waals surface area contributed by atoms with Crippen LogP contribution >= 0.6 is 0 Å². The van der Waals surface area contributed by atoms with Crippen LogP contribution in [0.25, 0.3) is 6.08 Å². The molecule has 17 heavy (non-hydrogen) atoms. The van der Waals surface area contributed by atoms with Gasteiger partial charge in [0.1, 0.15) is 5.75 Å². The van der Waals surface area contributed by atoms with E-state index in [0.717, 1.165) is 16.9 Å². The zero-order chi connectivity index (χ0) is 11.5. The molecular formula is C15H11NO. The number of benzene rings is 2. The van der Waals surface area contributed by atoms with E-state index in [4.69, 9.17) is 4.74 Å². The second-order valence-corrected chi connectivity index (χ2v) is 3.76. The van der Waals surface area contributed by atoms with E-state index in [-0.39, 0.29) is 0 Å². The van der Waals surface area contributed by atoms with E-state index in [1.807, 2.05) is 60.7 Å². The fraction of sp³-hybridized carbons (Fsp3) is 0. The third-order valence-corrected chi connectivity index (χ3v) is 2.59. The molecule has 0 radical (unpaired) electrons. The van der Waals surface area contributed by atoms with E-state index in [2.05, 4.69) is 4.99 Å². The molecule has 0 atom stereocenters. The normalized spacial score (nSPS) is 13.3. The van der Waals surface area contributed by atoms with Gasteiger partial charge in [0.2, 0.25) is 5.90 Å². The summed E-state index contributed by atoms with van der Waals surface area (Å²) in [7, 11) is 0. The Morgan fingerprint density at radius 3 is 2.47 bits per heavy atom. The summed E-state index contributed by atoms with van der Waals surface area (Å²) in [6.45, 7) is 0. The number of nitrogens with zero attached hydrogens (tertiary/aromatic N) is 1. The molecule has 0 fully saturated rings. The second kappa shape index (κ2) is 4.26. The van der Waals surface area contributed by atoms with Gasteiger partial charge < -0.3 is 4.74 Å². The molecule has 1 aliphatic heterocycles. The highest BCUT2D eigenvalue weighted by molar-refractivity contribution is 5.97. The van der Waals surface area contributed by atoms with Crippen LogP contribution in [-0.4, -0.2) is 5.90 Å². The maximum absolute atomic E-state index is 5.83. The van der Waals surface area contributed by atoms with E-state index >= 15 is 0 Å². The lowest BCUT2D eigenvalue weighted by molar-refractivity contribution is 0.553. The number of para-hydroxylation sites is 1. The van der Waals surface area contributed by atoms with Gasteiger partial charge in [0.05, 0.1) is 0 Å². The van der Waals surface area contributed by atoms with Gasteiger partial charge in [-0.2, -0.15) is 0 Å². The molecule has 0 spiro atoms. The first-order valence-electron chi connectivity index (χ1n) is 5.50. The van der Waals surface area contributed by atoms with Crippen LogP contribution in [0.3, 0.4) is 0 Å². The Morgan fingerprint density at radius 2 is 1.59 bits per heavy atom. The summed E-state index contributed by atoms with van der Waals surface area (Å²) in [6, 6.07) is 17.8. The van der Waals surface area contributed by atoms with Gasteiger partial charge in [-0.15, -0.1) is 0 Å². The maximum Gasteiger partial charge on any atom is 0.226 e. The zero-order valence-electron chi connectivity index (χ0n) is 9.21. The molecule has 0 amide bonds. The number of hydrogen-bond donors (Lipinski definition) is 0. The quantitative estimate of drug-likeness (QED) is 0.722.